The molecule has 2 atom stereocenters. The van der Waals surface area contributed by atoms with Crippen molar-refractivity contribution in [3.63, 3.8) is 0 Å². The average molecular weight is 706 g/mol. The average Bonchev–Trinajstić information content (AvgIpc) is 3.03. The van der Waals surface area contributed by atoms with Gasteiger partial charge in [-0.1, -0.05) is 107 Å². The van der Waals surface area contributed by atoms with Gasteiger partial charge >= 0.3 is 6.18 Å². The molecule has 0 aliphatic rings. The molecule has 0 aliphatic heterocycles. The van der Waals surface area contributed by atoms with Crippen LogP contribution < -0.4 is 5.32 Å². The molecule has 0 saturated carbocycles. The van der Waals surface area contributed by atoms with Crippen molar-refractivity contribution in [1.82, 2.24) is 0 Å². The van der Waals surface area contributed by atoms with Crippen molar-refractivity contribution in [2.45, 2.75) is 65.5 Å². The van der Waals surface area contributed by atoms with Crippen LogP contribution in [0.1, 0.15) is 90.5 Å². The van der Waals surface area contributed by atoms with Crippen LogP contribution in [0.4, 0.5) is 18.9 Å². The molecule has 4 aromatic carbocycles. The van der Waals surface area contributed by atoms with Crippen LogP contribution in [0.25, 0.3) is 17.2 Å². The van der Waals surface area contributed by atoms with E-state index in [1.165, 1.54) is 6.07 Å². The summed E-state index contributed by atoms with van der Waals surface area (Å²) in [4.78, 5) is 26.7. The molecule has 0 bridgehead atoms. The fourth-order valence-corrected chi connectivity index (χ4v) is 6.18. The lowest BCUT2D eigenvalue weighted by molar-refractivity contribution is -0.137. The van der Waals surface area contributed by atoms with E-state index in [2.05, 4.69) is 32.2 Å². The number of carbonyl (C=O) groups excluding carboxylic acids is 2. The van der Waals surface area contributed by atoms with Gasteiger partial charge in [0.05, 0.1) is 17.2 Å². The number of anilines is 1. The third-order valence-electron chi connectivity index (χ3n) is 8.44. The maximum absolute atomic E-state index is 14.0. The number of rotatable bonds is 12. The molecule has 2 unspecified atom stereocenters. The highest BCUT2D eigenvalue weighted by atomic mass is 32.2. The molecule has 4 aromatic rings. The quantitative estimate of drug-likeness (QED) is 0.113. The molecule has 0 radical (unpaired) electrons. The van der Waals surface area contributed by atoms with Crippen LogP contribution in [0.2, 0.25) is 0 Å². The van der Waals surface area contributed by atoms with Crippen molar-refractivity contribution < 1.29 is 35.7 Å². The van der Waals surface area contributed by atoms with Crippen molar-refractivity contribution in [2.24, 2.45) is 5.41 Å². The monoisotopic (exact) mass is 705 g/mol. The van der Waals surface area contributed by atoms with Gasteiger partial charge in [-0.05, 0) is 82.3 Å². The number of amides is 1. The van der Waals surface area contributed by atoms with Crippen molar-refractivity contribution in [2.75, 3.05) is 11.1 Å². The molecule has 4 rings (SSSR count). The van der Waals surface area contributed by atoms with Gasteiger partial charge in [-0.15, -0.1) is 0 Å². The van der Waals surface area contributed by atoms with Gasteiger partial charge < -0.3 is 5.32 Å². The zero-order valence-electron chi connectivity index (χ0n) is 28.7. The predicted octanol–water partition coefficient (Wildman–Crippen LogP) is 10.1. The van der Waals surface area contributed by atoms with E-state index in [1.54, 1.807) is 55.5 Å². The number of carbonyl (C=O) groups is 2. The molecule has 0 fully saturated rings. The van der Waals surface area contributed by atoms with E-state index >= 15 is 0 Å². The molecule has 0 spiro atoms. The number of alkyl halides is 3. The van der Waals surface area contributed by atoms with Gasteiger partial charge in [0, 0.05) is 17.7 Å². The van der Waals surface area contributed by atoms with Crippen molar-refractivity contribution >= 4 is 33.6 Å². The molecular formula is C40H42F3NO5S. The van der Waals surface area contributed by atoms with Crippen LogP contribution in [-0.2, 0) is 21.1 Å². The van der Waals surface area contributed by atoms with Crippen molar-refractivity contribution in [3.05, 3.63) is 130 Å². The Morgan fingerprint density at radius 1 is 0.860 bits per heavy atom. The first kappa shape index (κ1) is 38.3. The van der Waals surface area contributed by atoms with Crippen LogP contribution in [0.3, 0.4) is 0 Å². The van der Waals surface area contributed by atoms with Gasteiger partial charge in [0.15, 0.2) is 5.78 Å². The first-order chi connectivity index (χ1) is 23.3. The summed E-state index contributed by atoms with van der Waals surface area (Å²) in [6, 6.07) is 25.2. The van der Waals surface area contributed by atoms with Crippen LogP contribution >= 0.6 is 0 Å². The second-order valence-electron chi connectivity index (χ2n) is 13.7. The Bertz CT molecular complexity index is 1940. The zero-order chi connectivity index (χ0) is 36.9. The fourth-order valence-electron chi connectivity index (χ4n) is 5.67. The highest BCUT2D eigenvalue weighted by Crippen LogP contribution is 2.36. The molecule has 264 valence electrons. The molecule has 2 N–H and O–H groups in total. The number of ketones is 1. The second-order valence-corrected chi connectivity index (χ2v) is 15.2. The summed E-state index contributed by atoms with van der Waals surface area (Å²) in [5.74, 6) is -1.98. The number of hydrogen-bond acceptors (Lipinski definition) is 4. The van der Waals surface area contributed by atoms with E-state index in [1.807, 2.05) is 37.3 Å². The normalized spacial score (nSPS) is 13.6. The molecule has 1 amide bonds. The Morgan fingerprint density at radius 3 is 2.00 bits per heavy atom. The third kappa shape index (κ3) is 10.7. The summed E-state index contributed by atoms with van der Waals surface area (Å²) in [6.07, 6.45) is -0.316. The lowest BCUT2D eigenvalue weighted by Crippen LogP contribution is -2.25. The van der Waals surface area contributed by atoms with E-state index in [9.17, 15) is 31.2 Å². The lowest BCUT2D eigenvalue weighted by atomic mass is 9.81. The van der Waals surface area contributed by atoms with Crippen molar-refractivity contribution in [3.8, 4) is 11.1 Å². The Kier molecular flexibility index (Phi) is 11.9. The number of benzene rings is 4. The molecule has 6 nitrogen and oxygen atoms in total. The number of aryl methyl sites for hydroxylation is 1. The van der Waals surface area contributed by atoms with Crippen LogP contribution in [0.15, 0.2) is 97.1 Å². The van der Waals surface area contributed by atoms with Gasteiger partial charge in [-0.25, -0.2) is 0 Å². The molecule has 10 heteroatoms. The zero-order valence-corrected chi connectivity index (χ0v) is 29.5. The summed E-state index contributed by atoms with van der Waals surface area (Å²) in [7, 11) is -4.15. The predicted molar refractivity (Wildman–Crippen MR) is 193 cm³/mol. The smallest absolute Gasteiger partial charge is 0.326 e. The minimum absolute atomic E-state index is 0.000448. The minimum Gasteiger partial charge on any atom is -0.326 e. The van der Waals surface area contributed by atoms with E-state index in [0.717, 1.165) is 28.8 Å². The summed E-state index contributed by atoms with van der Waals surface area (Å²) in [5.41, 5.74) is 4.65. The van der Waals surface area contributed by atoms with E-state index in [0.29, 0.717) is 27.9 Å². The molecule has 0 aromatic heterocycles. The minimum atomic E-state index is -4.43. The number of halogens is 3. The molecule has 50 heavy (non-hydrogen) atoms. The van der Waals surface area contributed by atoms with Crippen LogP contribution in [-0.4, -0.2) is 30.4 Å². The van der Waals surface area contributed by atoms with Gasteiger partial charge in [-0.2, -0.15) is 21.6 Å². The topological polar surface area (TPSA) is 101 Å². The lowest BCUT2D eigenvalue weighted by Gasteiger charge is -2.25. The number of Topliss-reactive ketones (excluding diaryl/α,β-unsaturated/α-hetero) is 1. The molecule has 0 aliphatic carbocycles. The van der Waals surface area contributed by atoms with E-state index in [4.69, 9.17) is 4.55 Å². The Labute approximate surface area is 292 Å². The summed E-state index contributed by atoms with van der Waals surface area (Å²) < 4.78 is 70.5. The van der Waals surface area contributed by atoms with Gasteiger partial charge in [-0.3, -0.25) is 14.1 Å². The highest BCUT2D eigenvalue weighted by Gasteiger charge is 2.31. The molecule has 0 heterocycles. The Balaban J connectivity index is 1.58. The van der Waals surface area contributed by atoms with Crippen LogP contribution in [0, 0.1) is 12.3 Å². The van der Waals surface area contributed by atoms with E-state index in [-0.39, 0.29) is 35.9 Å². The van der Waals surface area contributed by atoms with Crippen LogP contribution in [0.5, 0.6) is 0 Å². The number of allylic oxidation sites excluding steroid dienone is 1. The summed E-state index contributed by atoms with van der Waals surface area (Å²) in [5, 5.41) is 3.01. The first-order valence-corrected chi connectivity index (χ1v) is 17.9. The van der Waals surface area contributed by atoms with Gasteiger partial charge in [0.25, 0.3) is 10.1 Å². The SMILES string of the molecule is Cc1cc(C(F)(F)F)ccc1-c1ccc(NC(=O)C(c2ccc(/C=C/C(C)(C)C)cc2)C(C)c2ccc(C(=O)CCCS(=O)(=O)O)cc2)cc1. The second kappa shape index (κ2) is 15.6. The maximum Gasteiger partial charge on any atom is 0.416 e. The number of hydrogen-bond donors (Lipinski definition) is 2. The van der Waals surface area contributed by atoms with E-state index < -0.39 is 33.5 Å². The maximum atomic E-state index is 14.0. The third-order valence-corrected chi connectivity index (χ3v) is 9.24. The number of nitrogens with one attached hydrogen (secondary N) is 1. The van der Waals surface area contributed by atoms with Crippen molar-refractivity contribution in [1.29, 1.82) is 0 Å². The Hall–Kier alpha value is -4.54. The molecule has 0 saturated heterocycles. The van der Waals surface area contributed by atoms with Gasteiger partial charge in [0.2, 0.25) is 5.91 Å². The fraction of sp³-hybridized carbons (Fsp3) is 0.300. The standard InChI is InChI=1S/C40H42F3NO5S/c1-26-25-33(40(41,42)43)18-21-35(26)30-16-19-34(20-17-30)44-38(46)37(32-10-8-28(9-11-32)22-23-39(3,4)5)27(2)29-12-14-31(15-13-29)36(45)7-6-24-50(47,48)49/h8-23,25,27,37H,6-7,24H2,1-5H3,(H,44,46)(H,47,48,49)/b23-22+. The summed E-state index contributed by atoms with van der Waals surface area (Å²) >= 11 is 0. The van der Waals surface area contributed by atoms with Gasteiger partial charge in [0.1, 0.15) is 0 Å². The summed E-state index contributed by atoms with van der Waals surface area (Å²) in [6.45, 7) is 9.88. The Morgan fingerprint density at radius 2 is 1.46 bits per heavy atom. The first-order valence-electron chi connectivity index (χ1n) is 16.3. The largest absolute Gasteiger partial charge is 0.416 e. The highest BCUT2D eigenvalue weighted by molar-refractivity contribution is 7.85. The molecular weight excluding hydrogens is 664 g/mol.